The van der Waals surface area contributed by atoms with Crippen LogP contribution in [-0.4, -0.2) is 17.2 Å². The molecule has 0 aromatic rings. The van der Waals surface area contributed by atoms with Gasteiger partial charge in [0.05, 0.1) is 0 Å². The first-order chi connectivity index (χ1) is 2.56. The van der Waals surface area contributed by atoms with Gasteiger partial charge >= 0.3 is 35.1 Å². The van der Waals surface area contributed by atoms with E-state index in [9.17, 15) is 7.67 Å². The van der Waals surface area contributed by atoms with Gasteiger partial charge < -0.3 is 0 Å². The number of hydrogen-bond donors (Lipinski definition) is 1. The monoisotopic (exact) mass is 155 g/mol. The fourth-order valence-electron chi connectivity index (χ4n) is 0. The van der Waals surface area contributed by atoms with Gasteiger partial charge in [0.1, 0.15) is 0 Å². The molecule has 0 aromatic heterocycles. The summed E-state index contributed by atoms with van der Waals surface area (Å²) < 4.78 is 26.0. The minimum atomic E-state index is -4.97. The Morgan fingerprint density at radius 3 is 1.83 bits per heavy atom. The van der Waals surface area contributed by atoms with Crippen molar-refractivity contribution in [1.82, 2.24) is 0 Å². The summed E-state index contributed by atoms with van der Waals surface area (Å²) >= 11 is -4.97. The number of nitriles is 1. The minimum absolute atomic E-state index is 0.705. The van der Waals surface area contributed by atoms with Gasteiger partial charge in [0.25, 0.3) is 0 Å². The van der Waals surface area contributed by atoms with E-state index >= 15 is 0 Å². The van der Waals surface area contributed by atoms with Crippen LogP contribution in [0.3, 0.4) is 0 Å². The van der Waals surface area contributed by atoms with Crippen LogP contribution in [0, 0.1) is 10.2 Å². The summed E-state index contributed by atoms with van der Waals surface area (Å²) in [6.45, 7) is 0. The van der Waals surface area contributed by atoms with Crippen LogP contribution in [0.4, 0.5) is 0 Å². The van der Waals surface area contributed by atoms with Crippen molar-refractivity contribution < 1.29 is 11.9 Å². The molecule has 0 saturated heterocycles. The van der Waals surface area contributed by atoms with Gasteiger partial charge in [-0.15, -0.1) is 0 Å². The SMILES string of the molecule is N#C[Se](=O)(=O)O. The Hall–Kier alpha value is -0.431. The van der Waals surface area contributed by atoms with E-state index in [4.69, 9.17) is 9.45 Å². The molecule has 0 rings (SSSR count). The molecular weight excluding hydrogens is 153 g/mol. The van der Waals surface area contributed by atoms with Crippen molar-refractivity contribution in [2.75, 3.05) is 0 Å². The van der Waals surface area contributed by atoms with Crippen molar-refractivity contribution in [3.05, 3.63) is 0 Å². The van der Waals surface area contributed by atoms with Crippen molar-refractivity contribution in [2.45, 2.75) is 0 Å². The molecule has 0 bridgehead atoms. The summed E-state index contributed by atoms with van der Waals surface area (Å²) in [5.74, 6) is 0. The van der Waals surface area contributed by atoms with E-state index < -0.39 is 13.0 Å². The van der Waals surface area contributed by atoms with E-state index in [1.165, 1.54) is 0 Å². The Balaban J connectivity index is 4.41. The van der Waals surface area contributed by atoms with Crippen LogP contribution in [0.25, 0.3) is 0 Å². The van der Waals surface area contributed by atoms with E-state index in [1.807, 2.05) is 0 Å². The van der Waals surface area contributed by atoms with Gasteiger partial charge in [-0.1, -0.05) is 0 Å². The Bertz CT molecular complexity index is 160. The molecule has 0 amide bonds. The molecule has 6 heavy (non-hydrogen) atoms. The average molecular weight is 154 g/mol. The van der Waals surface area contributed by atoms with E-state index in [-0.39, 0.29) is 0 Å². The zero-order valence-electron chi connectivity index (χ0n) is 2.62. The molecule has 0 spiro atoms. The first kappa shape index (κ1) is 5.57. The molecule has 0 aliphatic carbocycles. The molecule has 0 atom stereocenters. The second-order valence-electron chi connectivity index (χ2n) is 0.566. The second-order valence-corrected chi connectivity index (χ2v) is 2.94. The Morgan fingerprint density at radius 2 is 1.83 bits per heavy atom. The summed E-state index contributed by atoms with van der Waals surface area (Å²) in [4.78, 5) is 0.705. The molecule has 34 valence electrons. The molecule has 0 radical (unpaired) electrons. The summed E-state index contributed by atoms with van der Waals surface area (Å²) in [5.41, 5.74) is 0. The maximum absolute atomic E-state index is 9.27. The Morgan fingerprint density at radius 1 is 1.67 bits per heavy atom. The topological polar surface area (TPSA) is 78.2 Å². The molecular formula is CHNO3Se. The van der Waals surface area contributed by atoms with Crippen molar-refractivity contribution in [3.63, 3.8) is 0 Å². The molecule has 4 nitrogen and oxygen atoms in total. The number of rotatable bonds is 0. The number of nitrogens with zero attached hydrogens (tertiary/aromatic N) is 1. The van der Waals surface area contributed by atoms with E-state index in [0.717, 1.165) is 0 Å². The predicted molar refractivity (Wildman–Crippen MR) is 15.0 cm³/mol. The molecule has 0 fully saturated rings. The molecule has 0 saturated carbocycles. The van der Waals surface area contributed by atoms with Crippen LogP contribution in [0.2, 0.25) is 0 Å². The summed E-state index contributed by atoms with van der Waals surface area (Å²) in [6, 6.07) is 0. The standard InChI is InChI=1S/CHNO3Se/c2-1-6(3,4)5/h(H,3,4,5). The molecule has 0 aromatic carbocycles. The molecule has 5 heteroatoms. The maximum atomic E-state index is 9.27. The van der Waals surface area contributed by atoms with Crippen molar-refractivity contribution >= 4 is 13.0 Å². The molecule has 0 aliphatic heterocycles. The van der Waals surface area contributed by atoms with Crippen LogP contribution in [-0.2, 0) is 7.67 Å². The van der Waals surface area contributed by atoms with Crippen LogP contribution >= 0.6 is 0 Å². The summed E-state index contributed by atoms with van der Waals surface area (Å²) in [6.07, 6.45) is 0. The van der Waals surface area contributed by atoms with Crippen molar-refractivity contribution in [2.24, 2.45) is 0 Å². The fraction of sp³-hybridized carbons (Fsp3) is 0. The van der Waals surface area contributed by atoms with Crippen LogP contribution in [0.15, 0.2) is 0 Å². The number of hydrogen-bond acceptors (Lipinski definition) is 3. The fourth-order valence-corrected chi connectivity index (χ4v) is 0. The van der Waals surface area contributed by atoms with Gasteiger partial charge in [-0.2, -0.15) is 0 Å². The normalized spacial score (nSPS) is 10.0. The third kappa shape index (κ3) is 3.57. The van der Waals surface area contributed by atoms with Gasteiger partial charge in [-0.3, -0.25) is 0 Å². The predicted octanol–water partition coefficient (Wildman–Crippen LogP) is -1.16. The first-order valence-corrected chi connectivity index (χ1v) is 3.97. The van der Waals surface area contributed by atoms with E-state index in [2.05, 4.69) is 0 Å². The molecule has 0 unspecified atom stereocenters. The van der Waals surface area contributed by atoms with E-state index in [0.29, 0.717) is 4.97 Å². The quantitative estimate of drug-likeness (QED) is 0.446. The van der Waals surface area contributed by atoms with Gasteiger partial charge in [0.15, 0.2) is 0 Å². The summed E-state index contributed by atoms with van der Waals surface area (Å²) in [5, 5.41) is 7.35. The van der Waals surface area contributed by atoms with Crippen molar-refractivity contribution in [1.29, 1.82) is 5.26 Å². The van der Waals surface area contributed by atoms with Crippen LogP contribution < -0.4 is 0 Å². The third-order valence-electron chi connectivity index (χ3n) is 0.115. The molecule has 0 aliphatic rings. The molecule has 0 heterocycles. The Kier molecular flexibility index (Phi) is 1.25. The van der Waals surface area contributed by atoms with Crippen molar-refractivity contribution in [3.8, 4) is 4.97 Å². The van der Waals surface area contributed by atoms with Crippen LogP contribution in [0.1, 0.15) is 0 Å². The van der Waals surface area contributed by atoms with Gasteiger partial charge in [-0.05, 0) is 0 Å². The second kappa shape index (κ2) is 1.35. The Labute approximate surface area is 36.0 Å². The van der Waals surface area contributed by atoms with Gasteiger partial charge in [-0.25, -0.2) is 0 Å². The summed E-state index contributed by atoms with van der Waals surface area (Å²) in [7, 11) is 0. The van der Waals surface area contributed by atoms with Gasteiger partial charge in [0, 0.05) is 0 Å². The first-order valence-electron chi connectivity index (χ1n) is 0.944. The zero-order valence-corrected chi connectivity index (χ0v) is 4.33. The van der Waals surface area contributed by atoms with Gasteiger partial charge in [0.2, 0.25) is 0 Å². The molecule has 1 N–H and O–H groups in total. The van der Waals surface area contributed by atoms with Crippen LogP contribution in [0.5, 0.6) is 0 Å². The van der Waals surface area contributed by atoms with E-state index in [1.54, 1.807) is 0 Å². The third-order valence-corrected chi connectivity index (χ3v) is 0.599. The zero-order chi connectivity index (χ0) is 5.21. The average Bonchev–Trinajstić information content (AvgIpc) is 1.35.